The molecule has 0 saturated carbocycles. The molecule has 15 heavy (non-hydrogen) atoms. The average Bonchev–Trinajstić information content (AvgIpc) is 2.15. The molecule has 3 nitrogen and oxygen atoms in total. The number of hydrogen-bond donors (Lipinski definition) is 0. The van der Waals surface area contributed by atoms with Crippen molar-refractivity contribution in [2.75, 3.05) is 11.9 Å². The van der Waals surface area contributed by atoms with E-state index >= 15 is 0 Å². The zero-order chi connectivity index (χ0) is 11.6. The van der Waals surface area contributed by atoms with Crippen molar-refractivity contribution >= 4 is 11.8 Å². The number of carbonyl (C=O) groups is 1. The number of rotatable bonds is 1. The number of amides is 1. The maximum Gasteiger partial charge on any atom is 0.457 e. The quantitative estimate of drug-likeness (QED) is 0.714. The summed E-state index contributed by atoms with van der Waals surface area (Å²) in [5, 5.41) is 10.4. The summed E-state index contributed by atoms with van der Waals surface area (Å²) in [4.78, 5) is 10.8. The standard InChI is InChI=1S/C9H7F3NO2/c1-13(8(14)15)7-5-3-2-4-6(7)9(10,11)12/h2-5H,1H3. The van der Waals surface area contributed by atoms with Crippen LogP contribution in [0.3, 0.4) is 0 Å². The highest BCUT2D eigenvalue weighted by Crippen LogP contribution is 2.35. The summed E-state index contributed by atoms with van der Waals surface area (Å²) in [7, 11) is 1.000. The van der Waals surface area contributed by atoms with E-state index in [9.17, 15) is 23.1 Å². The van der Waals surface area contributed by atoms with Crippen molar-refractivity contribution < 1.29 is 23.1 Å². The van der Waals surface area contributed by atoms with Gasteiger partial charge in [0.1, 0.15) is 0 Å². The highest BCUT2D eigenvalue weighted by atomic mass is 19.4. The fourth-order valence-corrected chi connectivity index (χ4v) is 1.10. The van der Waals surface area contributed by atoms with Gasteiger partial charge in [-0.2, -0.15) is 13.2 Å². The Morgan fingerprint density at radius 1 is 1.27 bits per heavy atom. The first-order valence-electron chi connectivity index (χ1n) is 3.95. The van der Waals surface area contributed by atoms with Gasteiger partial charge in [0.25, 0.3) is 0 Å². The van der Waals surface area contributed by atoms with Gasteiger partial charge < -0.3 is 0 Å². The number of halogens is 3. The first kappa shape index (κ1) is 11.4. The van der Waals surface area contributed by atoms with E-state index in [1.54, 1.807) is 0 Å². The molecular formula is C9H7F3NO2. The second-order valence-corrected chi connectivity index (χ2v) is 2.84. The average molecular weight is 218 g/mol. The summed E-state index contributed by atoms with van der Waals surface area (Å²) >= 11 is 0. The van der Waals surface area contributed by atoms with Crippen LogP contribution < -0.4 is 4.90 Å². The summed E-state index contributed by atoms with van der Waals surface area (Å²) in [5.41, 5.74) is -1.44. The van der Waals surface area contributed by atoms with E-state index in [-0.39, 0.29) is 0 Å². The summed E-state index contributed by atoms with van der Waals surface area (Å²) in [6.45, 7) is 0. The van der Waals surface area contributed by atoms with Crippen LogP contribution in [-0.4, -0.2) is 13.1 Å². The van der Waals surface area contributed by atoms with Crippen LogP contribution in [0.25, 0.3) is 0 Å². The van der Waals surface area contributed by atoms with Crippen LogP contribution >= 0.6 is 0 Å². The highest BCUT2D eigenvalue weighted by molar-refractivity contribution is 5.86. The Kier molecular flexibility index (Phi) is 2.88. The Hall–Kier alpha value is -1.72. The Morgan fingerprint density at radius 3 is 2.27 bits per heavy atom. The number of carbonyl (C=O) groups excluding carboxylic acids is 1. The maximum absolute atomic E-state index is 12.4. The lowest BCUT2D eigenvalue weighted by molar-refractivity contribution is -0.137. The fourth-order valence-electron chi connectivity index (χ4n) is 1.10. The van der Waals surface area contributed by atoms with Crippen molar-refractivity contribution in [2.24, 2.45) is 0 Å². The third-order valence-corrected chi connectivity index (χ3v) is 1.84. The van der Waals surface area contributed by atoms with Crippen LogP contribution in [0.2, 0.25) is 0 Å². The van der Waals surface area contributed by atoms with Gasteiger partial charge in [-0.3, -0.25) is 4.90 Å². The number of para-hydroxylation sites is 1. The van der Waals surface area contributed by atoms with Gasteiger partial charge >= 0.3 is 12.3 Å². The number of hydrogen-bond acceptors (Lipinski definition) is 1. The molecule has 6 heteroatoms. The van der Waals surface area contributed by atoms with Crippen LogP contribution in [0.5, 0.6) is 0 Å². The molecule has 0 aliphatic carbocycles. The van der Waals surface area contributed by atoms with Crippen LogP contribution in [-0.2, 0) is 11.3 Å². The van der Waals surface area contributed by atoms with Crippen LogP contribution in [0.15, 0.2) is 24.3 Å². The van der Waals surface area contributed by atoms with Gasteiger partial charge in [0.05, 0.1) is 11.3 Å². The molecule has 1 aromatic carbocycles. The predicted molar refractivity (Wildman–Crippen MR) is 45.9 cm³/mol. The van der Waals surface area contributed by atoms with Crippen molar-refractivity contribution in [3.05, 3.63) is 29.8 Å². The number of alkyl halides is 3. The van der Waals surface area contributed by atoms with Gasteiger partial charge in [0.2, 0.25) is 0 Å². The van der Waals surface area contributed by atoms with Gasteiger partial charge in [-0.1, -0.05) is 12.1 Å². The molecular weight excluding hydrogens is 211 g/mol. The van der Waals surface area contributed by atoms with Crippen molar-refractivity contribution in [2.45, 2.75) is 6.18 Å². The van der Waals surface area contributed by atoms with Crippen LogP contribution in [0, 0.1) is 0 Å². The Balaban J connectivity index is 3.24. The third kappa shape index (κ3) is 2.39. The number of anilines is 1. The molecule has 0 fully saturated rings. The van der Waals surface area contributed by atoms with Gasteiger partial charge in [0, 0.05) is 7.05 Å². The van der Waals surface area contributed by atoms with Crippen molar-refractivity contribution in [1.29, 1.82) is 0 Å². The molecule has 0 spiro atoms. The second-order valence-electron chi connectivity index (χ2n) is 2.84. The lowest BCUT2D eigenvalue weighted by atomic mass is 10.1. The van der Waals surface area contributed by atoms with E-state index in [2.05, 4.69) is 0 Å². The Bertz CT molecular complexity index is 376. The summed E-state index contributed by atoms with van der Waals surface area (Å²) < 4.78 is 37.3. The summed E-state index contributed by atoms with van der Waals surface area (Å²) in [6, 6.07) is 4.40. The lowest BCUT2D eigenvalue weighted by Gasteiger charge is -2.17. The zero-order valence-corrected chi connectivity index (χ0v) is 7.71. The molecule has 1 rings (SSSR count). The molecule has 0 saturated heterocycles. The molecule has 1 amide bonds. The minimum atomic E-state index is -4.58. The van der Waals surface area contributed by atoms with Crippen LogP contribution in [0.4, 0.5) is 23.7 Å². The molecule has 1 aromatic rings. The summed E-state index contributed by atoms with van der Waals surface area (Å²) in [5.74, 6) is 0. The normalized spacial score (nSPS) is 11.2. The third-order valence-electron chi connectivity index (χ3n) is 1.84. The Labute approximate surface area is 83.7 Å². The number of benzene rings is 1. The smallest absolute Gasteiger partial charge is 0.277 e. The Morgan fingerprint density at radius 2 is 1.80 bits per heavy atom. The largest absolute Gasteiger partial charge is 0.457 e. The van der Waals surface area contributed by atoms with Crippen molar-refractivity contribution in [1.82, 2.24) is 0 Å². The molecule has 0 heterocycles. The van der Waals surface area contributed by atoms with Gasteiger partial charge in [-0.15, -0.1) is 0 Å². The number of nitrogens with zero attached hydrogens (tertiary/aromatic N) is 1. The van der Waals surface area contributed by atoms with Gasteiger partial charge in [-0.05, 0) is 12.1 Å². The topological polar surface area (TPSA) is 40.2 Å². The maximum atomic E-state index is 12.4. The van der Waals surface area contributed by atoms with Crippen LogP contribution in [0.1, 0.15) is 5.56 Å². The van der Waals surface area contributed by atoms with Gasteiger partial charge in [-0.25, -0.2) is 9.90 Å². The molecule has 0 aliphatic heterocycles. The SMILES string of the molecule is CN(C([O])=O)c1ccccc1C(F)(F)F. The van der Waals surface area contributed by atoms with E-state index in [1.807, 2.05) is 0 Å². The van der Waals surface area contributed by atoms with E-state index in [0.29, 0.717) is 4.90 Å². The van der Waals surface area contributed by atoms with Crippen molar-refractivity contribution in [3.8, 4) is 0 Å². The first-order valence-corrected chi connectivity index (χ1v) is 3.95. The molecule has 1 radical (unpaired) electrons. The fraction of sp³-hybridized carbons (Fsp3) is 0.222. The van der Waals surface area contributed by atoms with Crippen molar-refractivity contribution in [3.63, 3.8) is 0 Å². The molecule has 0 atom stereocenters. The van der Waals surface area contributed by atoms with Gasteiger partial charge in [0.15, 0.2) is 0 Å². The minimum absolute atomic E-state index is 0.419. The van der Waals surface area contributed by atoms with E-state index < -0.39 is 23.5 Å². The second kappa shape index (κ2) is 3.80. The monoisotopic (exact) mass is 218 g/mol. The van der Waals surface area contributed by atoms with E-state index in [4.69, 9.17) is 0 Å². The highest BCUT2D eigenvalue weighted by Gasteiger charge is 2.35. The summed E-state index contributed by atoms with van der Waals surface area (Å²) in [6.07, 6.45) is -6.27. The van der Waals surface area contributed by atoms with E-state index in [1.165, 1.54) is 12.1 Å². The minimum Gasteiger partial charge on any atom is -0.277 e. The van der Waals surface area contributed by atoms with E-state index in [0.717, 1.165) is 19.2 Å². The molecule has 0 N–H and O–H groups in total. The first-order chi connectivity index (χ1) is 6.84. The molecule has 0 aliphatic rings. The predicted octanol–water partition coefficient (Wildman–Crippen LogP) is 2.69. The molecule has 0 unspecified atom stereocenters. The zero-order valence-electron chi connectivity index (χ0n) is 7.71. The molecule has 0 aromatic heterocycles. The lowest BCUT2D eigenvalue weighted by Crippen LogP contribution is -2.25. The molecule has 0 bridgehead atoms. The molecule has 81 valence electrons.